The van der Waals surface area contributed by atoms with Crippen LogP contribution in [0.15, 0.2) is 30.3 Å². The molecule has 3 heteroatoms. The molecule has 0 spiro atoms. The molecule has 0 bridgehead atoms. The summed E-state index contributed by atoms with van der Waals surface area (Å²) >= 11 is 0. The minimum absolute atomic E-state index is 0.0751. The molecule has 0 atom stereocenters. The number of carbonyl (C=O) groups excluding carboxylic acids is 1. The summed E-state index contributed by atoms with van der Waals surface area (Å²) in [7, 11) is 0. The van der Waals surface area contributed by atoms with E-state index in [4.69, 9.17) is 5.21 Å². The van der Waals surface area contributed by atoms with Gasteiger partial charge in [0.25, 0.3) is 0 Å². The highest BCUT2D eigenvalue weighted by Gasteiger charge is 2.08. The maximum Gasteiger partial charge on any atom is 0.250 e. The Morgan fingerprint density at radius 1 is 1.38 bits per heavy atom. The van der Waals surface area contributed by atoms with E-state index in [9.17, 15) is 4.79 Å². The second-order valence-electron chi connectivity index (χ2n) is 2.68. The van der Waals surface area contributed by atoms with E-state index in [0.717, 1.165) is 5.56 Å². The van der Waals surface area contributed by atoms with Gasteiger partial charge in [0.1, 0.15) is 0 Å². The quantitative estimate of drug-likeness (QED) is 0.559. The van der Waals surface area contributed by atoms with Gasteiger partial charge in [0, 0.05) is 6.54 Å². The lowest BCUT2D eigenvalue weighted by Crippen LogP contribution is -2.28. The van der Waals surface area contributed by atoms with Gasteiger partial charge in [-0.15, -0.1) is 0 Å². The van der Waals surface area contributed by atoms with E-state index in [-0.39, 0.29) is 18.9 Å². The molecule has 0 saturated heterocycles. The molecule has 0 saturated carbocycles. The number of hydrogen-bond donors (Lipinski definition) is 1. The van der Waals surface area contributed by atoms with Crippen molar-refractivity contribution in [2.24, 2.45) is 0 Å². The third kappa shape index (κ3) is 2.87. The van der Waals surface area contributed by atoms with Crippen LogP contribution in [0.1, 0.15) is 5.56 Å². The maximum absolute atomic E-state index is 11.2. The Hall–Kier alpha value is -1.35. The number of hydroxylamine groups is 2. The molecule has 0 fully saturated rings. The van der Waals surface area contributed by atoms with E-state index >= 15 is 0 Å². The molecule has 0 heterocycles. The van der Waals surface area contributed by atoms with Crippen molar-refractivity contribution in [2.45, 2.75) is 6.42 Å². The predicted molar refractivity (Wildman–Crippen MR) is 49.0 cm³/mol. The van der Waals surface area contributed by atoms with Gasteiger partial charge < -0.3 is 0 Å². The van der Waals surface area contributed by atoms with Crippen LogP contribution < -0.4 is 0 Å². The van der Waals surface area contributed by atoms with E-state index in [2.05, 4.69) is 6.92 Å². The average molecular weight is 178 g/mol. The molecule has 1 radical (unpaired) electrons. The molecular weight excluding hydrogens is 166 g/mol. The van der Waals surface area contributed by atoms with Crippen LogP contribution in [0.25, 0.3) is 0 Å². The molecule has 0 unspecified atom stereocenters. The molecule has 1 amide bonds. The van der Waals surface area contributed by atoms with Crippen LogP contribution in [0, 0.1) is 6.92 Å². The highest BCUT2D eigenvalue weighted by Crippen LogP contribution is 2.01. The lowest BCUT2D eigenvalue weighted by atomic mass is 10.1. The molecule has 1 aromatic carbocycles. The minimum Gasteiger partial charge on any atom is -0.286 e. The van der Waals surface area contributed by atoms with Crippen molar-refractivity contribution >= 4 is 5.91 Å². The van der Waals surface area contributed by atoms with E-state index < -0.39 is 0 Å². The van der Waals surface area contributed by atoms with Crippen LogP contribution in [-0.2, 0) is 11.2 Å². The SMILES string of the molecule is [CH2]CN(O)C(=O)Cc1ccccc1. The number of nitrogens with zero attached hydrogens (tertiary/aromatic N) is 1. The summed E-state index contributed by atoms with van der Waals surface area (Å²) in [5.41, 5.74) is 0.889. The molecule has 0 aliphatic rings. The Balaban J connectivity index is 2.55. The second kappa shape index (κ2) is 4.62. The van der Waals surface area contributed by atoms with Gasteiger partial charge in [0.2, 0.25) is 5.91 Å². The zero-order valence-electron chi connectivity index (χ0n) is 7.31. The topological polar surface area (TPSA) is 40.5 Å². The minimum atomic E-state index is -0.332. The van der Waals surface area contributed by atoms with Crippen molar-refractivity contribution in [3.8, 4) is 0 Å². The fraction of sp³-hybridized carbons (Fsp3) is 0.200. The number of amides is 1. The fourth-order valence-corrected chi connectivity index (χ4v) is 0.986. The fourth-order valence-electron chi connectivity index (χ4n) is 0.986. The van der Waals surface area contributed by atoms with Crippen molar-refractivity contribution in [2.75, 3.05) is 6.54 Å². The lowest BCUT2D eigenvalue weighted by molar-refractivity contribution is -0.162. The summed E-state index contributed by atoms with van der Waals surface area (Å²) in [6.45, 7) is 3.48. The molecule has 3 nitrogen and oxygen atoms in total. The third-order valence-electron chi connectivity index (χ3n) is 1.70. The van der Waals surface area contributed by atoms with E-state index in [1.54, 1.807) is 0 Å². The Kier molecular flexibility index (Phi) is 3.46. The van der Waals surface area contributed by atoms with Crippen molar-refractivity contribution in [1.29, 1.82) is 0 Å². The zero-order chi connectivity index (χ0) is 9.68. The molecule has 1 N–H and O–H groups in total. The van der Waals surface area contributed by atoms with Crippen LogP contribution in [0.2, 0.25) is 0 Å². The van der Waals surface area contributed by atoms with Gasteiger partial charge in [-0.2, -0.15) is 0 Å². The van der Waals surface area contributed by atoms with Crippen molar-refractivity contribution in [3.05, 3.63) is 42.8 Å². The van der Waals surface area contributed by atoms with Crippen molar-refractivity contribution in [1.82, 2.24) is 5.06 Å². The van der Waals surface area contributed by atoms with Gasteiger partial charge in [-0.25, -0.2) is 5.06 Å². The van der Waals surface area contributed by atoms with Crippen LogP contribution in [0.4, 0.5) is 0 Å². The molecule has 0 aliphatic heterocycles. The molecule has 1 aromatic rings. The number of hydrogen-bond acceptors (Lipinski definition) is 2. The number of benzene rings is 1. The first-order valence-corrected chi connectivity index (χ1v) is 4.06. The van der Waals surface area contributed by atoms with Gasteiger partial charge in [-0.3, -0.25) is 10.0 Å². The Labute approximate surface area is 77.6 Å². The number of carbonyl (C=O) groups is 1. The second-order valence-corrected chi connectivity index (χ2v) is 2.68. The molecule has 69 valence electrons. The highest BCUT2D eigenvalue weighted by molar-refractivity contribution is 5.77. The molecular formula is C10H12NO2. The van der Waals surface area contributed by atoms with Gasteiger partial charge >= 0.3 is 0 Å². The highest BCUT2D eigenvalue weighted by atomic mass is 16.5. The van der Waals surface area contributed by atoms with Crippen LogP contribution in [0.5, 0.6) is 0 Å². The Morgan fingerprint density at radius 3 is 2.54 bits per heavy atom. The van der Waals surface area contributed by atoms with Gasteiger partial charge in [0.15, 0.2) is 0 Å². The zero-order valence-corrected chi connectivity index (χ0v) is 7.31. The first-order valence-electron chi connectivity index (χ1n) is 4.06. The molecule has 0 aliphatic carbocycles. The monoisotopic (exact) mass is 178 g/mol. The first-order chi connectivity index (χ1) is 6.24. The molecule has 13 heavy (non-hydrogen) atoms. The van der Waals surface area contributed by atoms with Crippen LogP contribution in [0.3, 0.4) is 0 Å². The van der Waals surface area contributed by atoms with Gasteiger partial charge in [-0.05, 0) is 12.5 Å². The Morgan fingerprint density at radius 2 is 2.00 bits per heavy atom. The van der Waals surface area contributed by atoms with Crippen molar-refractivity contribution in [3.63, 3.8) is 0 Å². The predicted octanol–water partition coefficient (Wildman–Crippen LogP) is 1.28. The first kappa shape index (κ1) is 9.74. The van der Waals surface area contributed by atoms with Crippen LogP contribution >= 0.6 is 0 Å². The summed E-state index contributed by atoms with van der Waals surface area (Å²) in [6, 6.07) is 9.28. The number of rotatable bonds is 3. The largest absolute Gasteiger partial charge is 0.286 e. The maximum atomic E-state index is 11.2. The van der Waals surface area contributed by atoms with E-state index in [0.29, 0.717) is 5.06 Å². The molecule has 1 rings (SSSR count). The summed E-state index contributed by atoms with van der Waals surface area (Å²) in [5.74, 6) is -0.332. The summed E-state index contributed by atoms with van der Waals surface area (Å²) < 4.78 is 0. The summed E-state index contributed by atoms with van der Waals surface area (Å²) in [6.07, 6.45) is 0.215. The summed E-state index contributed by atoms with van der Waals surface area (Å²) in [4.78, 5) is 11.2. The normalized spacial score (nSPS) is 9.69. The lowest BCUT2D eigenvalue weighted by Gasteiger charge is -2.11. The van der Waals surface area contributed by atoms with Crippen LogP contribution in [-0.4, -0.2) is 22.7 Å². The summed E-state index contributed by atoms with van der Waals surface area (Å²) in [5, 5.41) is 9.63. The third-order valence-corrected chi connectivity index (χ3v) is 1.70. The van der Waals surface area contributed by atoms with Crippen molar-refractivity contribution < 1.29 is 10.0 Å². The smallest absolute Gasteiger partial charge is 0.250 e. The standard InChI is InChI=1S/C10H12NO2/c1-2-11(13)10(12)8-9-6-4-3-5-7-9/h3-7,13H,1-2,8H2. The Bertz CT molecular complexity index is 272. The van der Waals surface area contributed by atoms with E-state index in [1.807, 2.05) is 30.3 Å². The molecule has 0 aromatic heterocycles. The van der Waals surface area contributed by atoms with E-state index in [1.165, 1.54) is 0 Å². The van der Waals surface area contributed by atoms with Gasteiger partial charge in [-0.1, -0.05) is 30.3 Å². The average Bonchev–Trinajstić information content (AvgIpc) is 2.18. The van der Waals surface area contributed by atoms with Gasteiger partial charge in [0.05, 0.1) is 6.42 Å².